The van der Waals surface area contributed by atoms with Gasteiger partial charge in [-0.1, -0.05) is 20.8 Å². The van der Waals surface area contributed by atoms with Gasteiger partial charge in [-0.25, -0.2) is 0 Å². The van der Waals surface area contributed by atoms with Crippen LogP contribution >= 0.6 is 0 Å². The normalized spacial score (nSPS) is 16.8. The Morgan fingerprint density at radius 2 is 1.70 bits per heavy atom. The summed E-state index contributed by atoms with van der Waals surface area (Å²) >= 11 is 0. The van der Waals surface area contributed by atoms with Crippen molar-refractivity contribution in [3.8, 4) is 0 Å². The molecule has 118 valence electrons. The van der Waals surface area contributed by atoms with Gasteiger partial charge in [-0.2, -0.15) is 0 Å². The molecule has 0 aliphatic carbocycles. The standard InChI is InChI=1S/C15H29NO4/c1-11(2)12(3)7-8-13(17)15(20,9-14(18)19)10-16(4,5)6/h11-12,20H,7-10H2,1-6H3. The molecule has 2 atom stereocenters. The van der Waals surface area contributed by atoms with Crippen LogP contribution in [0.4, 0.5) is 0 Å². The zero-order valence-electron chi connectivity index (χ0n) is 13.6. The van der Waals surface area contributed by atoms with Crippen LogP contribution < -0.4 is 5.11 Å². The highest BCUT2D eigenvalue weighted by Crippen LogP contribution is 2.22. The van der Waals surface area contributed by atoms with Gasteiger partial charge in [0.25, 0.3) is 0 Å². The van der Waals surface area contributed by atoms with Gasteiger partial charge in [-0.05, 0) is 18.3 Å². The van der Waals surface area contributed by atoms with Crippen LogP contribution in [-0.2, 0) is 9.59 Å². The van der Waals surface area contributed by atoms with Crippen LogP contribution in [0.2, 0.25) is 0 Å². The number of hydrogen-bond acceptors (Lipinski definition) is 4. The lowest BCUT2D eigenvalue weighted by Gasteiger charge is -2.35. The molecule has 0 heterocycles. The number of hydrogen-bond donors (Lipinski definition) is 1. The first-order valence-electron chi connectivity index (χ1n) is 7.13. The van der Waals surface area contributed by atoms with Crippen LogP contribution in [0.3, 0.4) is 0 Å². The summed E-state index contributed by atoms with van der Waals surface area (Å²) in [4.78, 5) is 23.1. The second-order valence-corrected chi connectivity index (χ2v) is 7.21. The van der Waals surface area contributed by atoms with Crippen LogP contribution in [0, 0.1) is 11.8 Å². The number of ketones is 1. The molecule has 1 N–H and O–H groups in total. The van der Waals surface area contributed by atoms with Crippen molar-refractivity contribution in [1.82, 2.24) is 0 Å². The van der Waals surface area contributed by atoms with Gasteiger partial charge < -0.3 is 19.5 Å². The lowest BCUT2D eigenvalue weighted by Crippen LogP contribution is -2.56. The maximum atomic E-state index is 12.3. The number of aliphatic hydroxyl groups is 1. The molecule has 0 saturated carbocycles. The molecule has 2 unspecified atom stereocenters. The third-order valence-corrected chi connectivity index (χ3v) is 3.66. The Hall–Kier alpha value is -0.940. The highest BCUT2D eigenvalue weighted by Gasteiger charge is 2.40. The number of aliphatic carboxylic acids is 1. The molecular weight excluding hydrogens is 258 g/mol. The van der Waals surface area contributed by atoms with E-state index in [0.29, 0.717) is 22.7 Å². The highest BCUT2D eigenvalue weighted by molar-refractivity contribution is 5.90. The maximum Gasteiger partial charge on any atom is 0.177 e. The highest BCUT2D eigenvalue weighted by atomic mass is 16.4. The Bertz CT molecular complexity index is 346. The molecule has 0 radical (unpaired) electrons. The van der Waals surface area contributed by atoms with Crippen molar-refractivity contribution in [3.63, 3.8) is 0 Å². The van der Waals surface area contributed by atoms with Gasteiger partial charge in [0.1, 0.15) is 6.54 Å². The molecule has 0 bridgehead atoms. The number of likely N-dealkylation sites (N-methyl/N-ethyl adjacent to an activating group) is 1. The Morgan fingerprint density at radius 1 is 1.20 bits per heavy atom. The van der Waals surface area contributed by atoms with Crippen LogP contribution in [0.15, 0.2) is 0 Å². The summed E-state index contributed by atoms with van der Waals surface area (Å²) in [5.74, 6) is -0.987. The number of carboxylic acid groups (broad SMARTS) is 1. The van der Waals surface area contributed by atoms with E-state index in [-0.39, 0.29) is 13.0 Å². The summed E-state index contributed by atoms with van der Waals surface area (Å²) in [5.41, 5.74) is -1.84. The van der Waals surface area contributed by atoms with E-state index in [1.807, 2.05) is 21.1 Å². The molecule has 0 rings (SSSR count). The fourth-order valence-corrected chi connectivity index (χ4v) is 2.19. The summed E-state index contributed by atoms with van der Waals surface area (Å²) in [5, 5.41) is 21.3. The van der Waals surface area contributed by atoms with Crippen molar-refractivity contribution in [2.45, 2.75) is 45.6 Å². The van der Waals surface area contributed by atoms with Crippen LogP contribution in [-0.4, -0.2) is 54.6 Å². The molecular formula is C15H29NO4. The number of carboxylic acids is 1. The Kier molecular flexibility index (Phi) is 6.84. The number of nitrogens with zero attached hydrogens (tertiary/aromatic N) is 1. The van der Waals surface area contributed by atoms with E-state index >= 15 is 0 Å². The lowest BCUT2D eigenvalue weighted by atomic mass is 9.86. The second-order valence-electron chi connectivity index (χ2n) is 7.21. The number of carbonyl (C=O) groups excluding carboxylic acids is 2. The molecule has 0 aromatic rings. The Morgan fingerprint density at radius 3 is 2.05 bits per heavy atom. The summed E-state index contributed by atoms with van der Waals surface area (Å²) in [6.45, 7) is 6.27. The third-order valence-electron chi connectivity index (χ3n) is 3.66. The van der Waals surface area contributed by atoms with Gasteiger partial charge in [-0.3, -0.25) is 4.79 Å². The smallest absolute Gasteiger partial charge is 0.177 e. The minimum atomic E-state index is -1.84. The van der Waals surface area contributed by atoms with Crippen LogP contribution in [0.1, 0.15) is 40.0 Å². The topological polar surface area (TPSA) is 77.4 Å². The monoisotopic (exact) mass is 287 g/mol. The van der Waals surface area contributed by atoms with Crippen molar-refractivity contribution >= 4 is 11.8 Å². The van der Waals surface area contributed by atoms with Gasteiger partial charge in [-0.15, -0.1) is 0 Å². The average Bonchev–Trinajstić information content (AvgIpc) is 2.20. The van der Waals surface area contributed by atoms with E-state index in [1.54, 1.807) is 0 Å². The molecule has 0 aliphatic heterocycles. The number of quaternary nitrogens is 1. The first-order valence-corrected chi connectivity index (χ1v) is 7.13. The van der Waals surface area contributed by atoms with Gasteiger partial charge in [0.2, 0.25) is 0 Å². The van der Waals surface area contributed by atoms with Gasteiger partial charge in [0.05, 0.1) is 21.1 Å². The lowest BCUT2D eigenvalue weighted by molar-refractivity contribution is -0.875. The predicted octanol–water partition coefficient (Wildman–Crippen LogP) is 0.205. The molecule has 0 spiro atoms. The summed E-state index contributed by atoms with van der Waals surface area (Å²) in [6, 6.07) is 0. The molecule has 0 amide bonds. The van der Waals surface area contributed by atoms with E-state index < -0.39 is 23.8 Å². The van der Waals surface area contributed by atoms with Gasteiger partial charge in [0.15, 0.2) is 11.4 Å². The van der Waals surface area contributed by atoms with E-state index in [0.717, 1.165) is 0 Å². The third kappa shape index (κ3) is 7.01. The molecule has 0 aromatic heterocycles. The minimum Gasteiger partial charge on any atom is -0.550 e. The molecule has 0 aliphatic rings. The SMILES string of the molecule is CC(C)C(C)CCC(=O)C(O)(CC(=O)[O-])C[N+](C)(C)C. The molecule has 0 saturated heterocycles. The number of rotatable bonds is 9. The van der Waals surface area contributed by atoms with E-state index in [2.05, 4.69) is 20.8 Å². The molecule has 5 nitrogen and oxygen atoms in total. The van der Waals surface area contributed by atoms with Crippen molar-refractivity contribution in [2.75, 3.05) is 27.7 Å². The van der Waals surface area contributed by atoms with Crippen molar-refractivity contribution in [1.29, 1.82) is 0 Å². The zero-order chi connectivity index (χ0) is 16.1. The van der Waals surface area contributed by atoms with Gasteiger partial charge >= 0.3 is 0 Å². The van der Waals surface area contributed by atoms with Crippen LogP contribution in [0.25, 0.3) is 0 Å². The number of Topliss-reactive ketones (excluding diaryl/α,β-unsaturated/α-hetero) is 1. The van der Waals surface area contributed by atoms with E-state index in [4.69, 9.17) is 0 Å². The maximum absolute atomic E-state index is 12.3. The fraction of sp³-hybridized carbons (Fsp3) is 0.867. The van der Waals surface area contributed by atoms with E-state index in [1.165, 1.54) is 0 Å². The molecule has 0 aromatic carbocycles. The summed E-state index contributed by atoms with van der Waals surface area (Å²) < 4.78 is 0.315. The molecule has 0 fully saturated rings. The average molecular weight is 287 g/mol. The van der Waals surface area contributed by atoms with Crippen LogP contribution in [0.5, 0.6) is 0 Å². The Labute approximate surface area is 122 Å². The van der Waals surface area contributed by atoms with Gasteiger partial charge in [0, 0.05) is 18.8 Å². The van der Waals surface area contributed by atoms with E-state index in [9.17, 15) is 19.8 Å². The predicted molar refractivity (Wildman–Crippen MR) is 75.7 cm³/mol. The largest absolute Gasteiger partial charge is 0.550 e. The van der Waals surface area contributed by atoms with Crippen molar-refractivity contribution in [3.05, 3.63) is 0 Å². The number of carbonyl (C=O) groups is 2. The second kappa shape index (κ2) is 7.18. The first-order chi connectivity index (χ1) is 8.87. The fourth-order valence-electron chi connectivity index (χ4n) is 2.19. The molecule has 5 heteroatoms. The van der Waals surface area contributed by atoms with Crippen molar-refractivity contribution < 1.29 is 24.3 Å². The Balaban J connectivity index is 4.85. The summed E-state index contributed by atoms with van der Waals surface area (Å²) in [7, 11) is 5.43. The van der Waals surface area contributed by atoms with Crippen molar-refractivity contribution in [2.24, 2.45) is 11.8 Å². The zero-order valence-corrected chi connectivity index (χ0v) is 13.6. The minimum absolute atomic E-state index is 0.0654. The summed E-state index contributed by atoms with van der Waals surface area (Å²) in [6.07, 6.45) is 0.212. The quantitative estimate of drug-likeness (QED) is 0.615. The first kappa shape index (κ1) is 19.1. The molecule has 20 heavy (non-hydrogen) atoms.